The Bertz CT molecular complexity index is 3260. The van der Waals surface area contributed by atoms with E-state index in [1.54, 1.807) is 0 Å². The summed E-state index contributed by atoms with van der Waals surface area (Å²) >= 11 is 0. The molecule has 0 aliphatic heterocycles. The van der Waals surface area contributed by atoms with Crippen molar-refractivity contribution in [1.29, 1.82) is 0 Å². The number of hydrogen-bond donors (Lipinski definition) is 0. The van der Waals surface area contributed by atoms with Crippen molar-refractivity contribution in [3.8, 4) is 0 Å². The Hall–Kier alpha value is -17.8. The standard InChI is InChI=1S/C28H20.C14H10.C14H9.C14H8.2CH3.9Rf/c1-5-13-23-19(9-1)17-20-10-2-6-14-24(20)27(23)28-25-15-7-3-11-21(25)18-22-12-4-8-16-26(22)28;3*1-2-6-12-10-14-8-4-3-7-13(14)9-11(12)5-1;;;;;;;;;;;/h1-18,27-28H;1-10H;1-9H;1-8H;2*1H3;;;;;;;;;/q-2;;-1;-2;2*-1;;;;;;;;;. The smallest absolute Gasteiger partial charge is 0 e. The maximum absolute atomic E-state index is 3.41. The second-order valence-corrected chi connectivity index (χ2v) is 18.1. The average Bonchev–Trinajstić information content (AvgIpc) is 3.43. The maximum Gasteiger partial charge on any atom is 0 e. The van der Waals surface area contributed by atoms with E-state index in [0.29, 0.717) is 11.8 Å². The molecule has 0 radical (unpaired) electrons. The van der Waals surface area contributed by atoms with Gasteiger partial charge in [-0.2, -0.15) is 57.9 Å². The van der Waals surface area contributed by atoms with E-state index in [1.807, 2.05) is 36.4 Å². The van der Waals surface area contributed by atoms with Crippen LogP contribution in [0.1, 0.15) is 56.3 Å². The van der Waals surface area contributed by atoms with Crippen molar-refractivity contribution < 1.29 is 0 Å². The van der Waals surface area contributed by atoms with Crippen LogP contribution in [0.2, 0.25) is 0 Å². The zero-order chi connectivity index (χ0) is 46.6. The Morgan fingerprint density at radius 2 is 0.395 bits per heavy atom. The van der Waals surface area contributed by atoms with E-state index >= 15 is 0 Å². The molecule has 0 saturated heterocycles. The molecule has 15 rings (SSSR count). The zero-order valence-electron chi connectivity index (χ0n) is 47.0. The molecule has 0 heterocycles. The largest absolute Gasteiger partial charge is 0.358 e. The molecule has 2 aliphatic carbocycles. The minimum Gasteiger partial charge on any atom is -0.358 e. The van der Waals surface area contributed by atoms with Crippen molar-refractivity contribution in [2.24, 2.45) is 0 Å². The summed E-state index contributed by atoms with van der Waals surface area (Å²) in [4.78, 5) is 0. The molecule has 0 aromatic heterocycles. The van der Waals surface area contributed by atoms with Crippen LogP contribution in [-0.2, 0) is 0 Å². The first-order valence-electron chi connectivity index (χ1n) is 24.1. The van der Waals surface area contributed by atoms with Gasteiger partial charge in [-0.1, -0.05) is 168 Å². The van der Waals surface area contributed by atoms with E-state index < -0.39 is 0 Å². The molecule has 9 heteroatoms. The number of fused-ring (bicyclic) bond motifs is 10. The summed E-state index contributed by atoms with van der Waals surface area (Å²) in [5.74, 6) is 0.627. The van der Waals surface area contributed by atoms with E-state index in [-0.39, 0.29) is 14.9 Å². The van der Waals surface area contributed by atoms with Gasteiger partial charge in [-0.05, 0) is 45.5 Å². The van der Waals surface area contributed by atoms with E-state index in [2.05, 4.69) is 255 Å². The summed E-state index contributed by atoms with van der Waals surface area (Å²) in [6.45, 7) is 0. The van der Waals surface area contributed by atoms with Gasteiger partial charge in [0, 0.05) is 0 Å². The third-order valence-corrected chi connectivity index (χ3v) is 13.8. The molecule has 0 unspecified atom stereocenters. The molecule has 2 aliphatic rings. The van der Waals surface area contributed by atoms with Crippen LogP contribution in [0.25, 0.3) is 64.6 Å². The third-order valence-electron chi connectivity index (χ3n) is 13.8. The van der Waals surface area contributed by atoms with E-state index in [4.69, 9.17) is 0 Å². The maximum atomic E-state index is 3.41. The van der Waals surface area contributed by atoms with Crippen LogP contribution in [0.4, 0.5) is 0 Å². The van der Waals surface area contributed by atoms with Gasteiger partial charge in [-0.15, -0.1) is 141 Å². The van der Waals surface area contributed by atoms with Gasteiger partial charge < -0.3 is 14.9 Å². The van der Waals surface area contributed by atoms with E-state index in [0.717, 1.165) is 21.5 Å². The molecule has 366 valence electrons. The Morgan fingerprint density at radius 3 is 0.667 bits per heavy atom. The molecule has 0 atom stereocenters. The molecule has 0 fully saturated rings. The van der Waals surface area contributed by atoms with Gasteiger partial charge in [0.2, 0.25) is 0 Å². The van der Waals surface area contributed by atoms with Crippen molar-refractivity contribution in [3.05, 3.63) is 351 Å². The molecule has 0 bridgehead atoms. The topological polar surface area (TPSA) is 0 Å². The van der Waals surface area contributed by atoms with Crippen LogP contribution in [0, 0.1) is 45.9 Å². The van der Waals surface area contributed by atoms with Crippen molar-refractivity contribution >= 4 is 64.6 Å². The van der Waals surface area contributed by atoms with Gasteiger partial charge >= 0.3 is 0 Å². The Labute approximate surface area is 425 Å². The molecule has 81 heavy (non-hydrogen) atoms. The first kappa shape index (κ1) is 61.2. The fraction of sp³-hybridized carbons (Fsp3) is 0.0278. The molecule has 13 aromatic rings. The summed E-state index contributed by atoms with van der Waals surface area (Å²) in [6, 6.07) is 102. The fourth-order valence-corrected chi connectivity index (χ4v) is 10.5. The number of benzene rings is 13. The van der Waals surface area contributed by atoms with Crippen LogP contribution in [0.15, 0.2) is 261 Å². The van der Waals surface area contributed by atoms with E-state index in [1.165, 1.54) is 87.6 Å². The van der Waals surface area contributed by atoms with Crippen molar-refractivity contribution in [2.75, 3.05) is 0 Å². The average molecular weight is 3320 g/mol. The van der Waals surface area contributed by atoms with Gasteiger partial charge in [0.15, 0.2) is 0 Å². The molecule has 0 saturated carbocycles. The van der Waals surface area contributed by atoms with Gasteiger partial charge in [0.25, 0.3) is 0 Å². The van der Waals surface area contributed by atoms with Gasteiger partial charge in [0.1, 0.15) is 0 Å². The van der Waals surface area contributed by atoms with Crippen LogP contribution >= 0.6 is 0 Å². The molecule has 0 amide bonds. The quantitative estimate of drug-likeness (QED) is 0.114. The van der Waals surface area contributed by atoms with Crippen LogP contribution in [0.5, 0.6) is 0 Å². The van der Waals surface area contributed by atoms with Gasteiger partial charge in [-0.3, -0.25) is 0 Å². The monoisotopic (exact) mass is 3320 g/mol. The third kappa shape index (κ3) is 10.8. The summed E-state index contributed by atoms with van der Waals surface area (Å²) in [5.41, 5.74) is 11.1. The Kier molecular flexibility index (Phi) is 19.0. The van der Waals surface area contributed by atoms with Crippen LogP contribution in [-0.4, -0.2) is 0 Å². The Morgan fingerprint density at radius 1 is 0.210 bits per heavy atom. The molecular weight excluding hydrogens is 3270 g/mol. The minimum absolute atomic E-state index is 0. The minimum atomic E-state index is 0. The molecule has 0 nitrogen and oxygen atoms in total. The number of hydrogen-bond acceptors (Lipinski definition) is 0. The molecular formula is C72H53Rf9-7. The molecule has 13 aromatic carbocycles. The second kappa shape index (κ2) is 25.1. The summed E-state index contributed by atoms with van der Waals surface area (Å²) in [7, 11) is 0. The van der Waals surface area contributed by atoms with Gasteiger partial charge in [0.05, 0.1) is 0 Å². The van der Waals surface area contributed by atoms with Crippen molar-refractivity contribution in [2.45, 2.75) is 11.8 Å². The van der Waals surface area contributed by atoms with Crippen LogP contribution < -0.4 is 0 Å². The summed E-state index contributed by atoms with van der Waals surface area (Å²) in [6.07, 6.45) is 4.68. The first-order chi connectivity index (χ1) is 34.7. The summed E-state index contributed by atoms with van der Waals surface area (Å²) < 4.78 is 0. The predicted octanol–water partition coefficient (Wildman–Crippen LogP) is 18.8. The molecule has 0 N–H and O–H groups in total. The van der Waals surface area contributed by atoms with Crippen molar-refractivity contribution in [3.63, 3.8) is 0 Å². The van der Waals surface area contributed by atoms with Crippen LogP contribution in [0.3, 0.4) is 0 Å². The zero-order valence-corrected chi connectivity index (χ0v) is 105. The SMILES string of the molecule is [CH3-].[CH3-].[Rf].[Rf].[Rf].[Rf].[Rf].[Rf].[Rf].[Rf].[Rf].[c-]1c2ccccc2[c-]c2ccccc12.[c-]1c2ccccc2cc2ccccc12.c1ccc2c(c1)[CH-]c1ccccc1C2C1c2ccccc2[CH-]c2ccccc21.c1ccc2cc3ccccc3cc2c1. The van der Waals surface area contributed by atoms with Crippen molar-refractivity contribution in [1.82, 2.24) is 0 Å². The summed E-state index contributed by atoms with van der Waals surface area (Å²) in [5, 5.41) is 14.7. The first-order valence-corrected chi connectivity index (χ1v) is 24.1. The fourth-order valence-electron chi connectivity index (χ4n) is 10.5. The Balaban J connectivity index is 0.000000542. The normalized spacial score (nSPS) is 10.7. The molecule has 0 spiro atoms. The van der Waals surface area contributed by atoms with E-state index in [9.17, 15) is 0 Å². The second-order valence-electron chi connectivity index (χ2n) is 18.1. The predicted molar refractivity (Wildman–Crippen MR) is 308 cm³/mol. The van der Waals surface area contributed by atoms with Gasteiger partial charge in [-0.25, -0.2) is 0 Å². The number of rotatable bonds is 1.